The first-order chi connectivity index (χ1) is 13.1. The third kappa shape index (κ3) is 7.56. The molecular weight excluding hydrogens is 469 g/mol. The number of halogens is 1. The van der Waals surface area contributed by atoms with Crippen LogP contribution in [0.5, 0.6) is 0 Å². The van der Waals surface area contributed by atoms with Gasteiger partial charge in [-0.15, -0.1) is 24.0 Å². The van der Waals surface area contributed by atoms with Crippen LogP contribution in [-0.4, -0.2) is 62.7 Å². The molecule has 1 amide bonds. The highest BCUT2D eigenvalue weighted by Gasteiger charge is 2.33. The van der Waals surface area contributed by atoms with Gasteiger partial charge in [0.05, 0.1) is 13.2 Å². The number of morpholine rings is 1. The van der Waals surface area contributed by atoms with Gasteiger partial charge in [-0.25, -0.2) is 0 Å². The summed E-state index contributed by atoms with van der Waals surface area (Å²) in [5.74, 6) is 1.59. The van der Waals surface area contributed by atoms with Gasteiger partial charge in [-0.1, -0.05) is 19.1 Å². The third-order valence-electron chi connectivity index (χ3n) is 5.08. The van der Waals surface area contributed by atoms with E-state index < -0.39 is 0 Å². The fraction of sp³-hybridized carbons (Fsp3) is 0.600. The number of hydrogen-bond acceptors (Lipinski definition) is 4. The fourth-order valence-corrected chi connectivity index (χ4v) is 3.15. The summed E-state index contributed by atoms with van der Waals surface area (Å²) in [7, 11) is 1.79. The molecule has 2 unspecified atom stereocenters. The number of carbonyl (C=O) groups is 1. The number of aliphatic imine (C=N–C) groups is 1. The number of guanidine groups is 1. The maximum Gasteiger partial charge on any atom is 0.225 e. The SMILES string of the molecule is CN=C(NCc1cccc(NC(=O)CCN2CCOCC2)c1)NC1CC1C.I. The van der Waals surface area contributed by atoms with Crippen molar-refractivity contribution in [2.45, 2.75) is 32.4 Å². The summed E-state index contributed by atoms with van der Waals surface area (Å²) in [6, 6.07) is 8.48. The Hall–Kier alpha value is -1.39. The van der Waals surface area contributed by atoms with Crippen molar-refractivity contribution in [2.75, 3.05) is 45.2 Å². The van der Waals surface area contributed by atoms with E-state index in [-0.39, 0.29) is 29.9 Å². The van der Waals surface area contributed by atoms with E-state index in [1.807, 2.05) is 24.3 Å². The molecule has 0 radical (unpaired) electrons. The average molecular weight is 501 g/mol. The molecule has 1 saturated heterocycles. The Bertz CT molecular complexity index is 664. The zero-order valence-electron chi connectivity index (χ0n) is 16.7. The lowest BCUT2D eigenvalue weighted by Crippen LogP contribution is -2.38. The van der Waals surface area contributed by atoms with Gasteiger partial charge < -0.3 is 20.7 Å². The highest BCUT2D eigenvalue weighted by Crippen LogP contribution is 2.28. The Morgan fingerprint density at radius 3 is 2.75 bits per heavy atom. The molecule has 1 heterocycles. The quantitative estimate of drug-likeness (QED) is 0.303. The number of ether oxygens (including phenoxy) is 1. The van der Waals surface area contributed by atoms with Crippen LogP contribution in [0.1, 0.15) is 25.3 Å². The number of benzene rings is 1. The number of rotatable bonds is 7. The van der Waals surface area contributed by atoms with Gasteiger partial charge in [-0.05, 0) is 30.0 Å². The molecular formula is C20H32IN5O2. The van der Waals surface area contributed by atoms with E-state index in [1.54, 1.807) is 7.05 Å². The summed E-state index contributed by atoms with van der Waals surface area (Å²) < 4.78 is 5.33. The zero-order chi connectivity index (χ0) is 19.1. The van der Waals surface area contributed by atoms with Gasteiger partial charge in [0.25, 0.3) is 0 Å². The van der Waals surface area contributed by atoms with Gasteiger partial charge in [0.1, 0.15) is 0 Å². The molecule has 2 aliphatic rings. The number of nitrogens with one attached hydrogen (secondary N) is 3. The summed E-state index contributed by atoms with van der Waals surface area (Å²) in [5, 5.41) is 9.75. The van der Waals surface area contributed by atoms with E-state index in [0.29, 0.717) is 19.0 Å². The van der Waals surface area contributed by atoms with Crippen LogP contribution >= 0.6 is 24.0 Å². The second-order valence-electron chi connectivity index (χ2n) is 7.34. The number of anilines is 1. The van der Waals surface area contributed by atoms with Crippen LogP contribution in [0.4, 0.5) is 5.69 Å². The monoisotopic (exact) mass is 501 g/mol. The van der Waals surface area contributed by atoms with Crippen molar-refractivity contribution in [1.82, 2.24) is 15.5 Å². The molecule has 1 aromatic carbocycles. The van der Waals surface area contributed by atoms with E-state index in [9.17, 15) is 4.79 Å². The Morgan fingerprint density at radius 2 is 2.07 bits per heavy atom. The zero-order valence-corrected chi connectivity index (χ0v) is 19.1. The number of nitrogens with zero attached hydrogens (tertiary/aromatic N) is 2. The topological polar surface area (TPSA) is 78.0 Å². The third-order valence-corrected chi connectivity index (χ3v) is 5.08. The highest BCUT2D eigenvalue weighted by atomic mass is 127. The first kappa shape index (κ1) is 22.9. The van der Waals surface area contributed by atoms with E-state index in [1.165, 1.54) is 6.42 Å². The van der Waals surface area contributed by atoms with Gasteiger partial charge in [0, 0.05) is 51.4 Å². The van der Waals surface area contributed by atoms with Crippen molar-refractivity contribution in [3.63, 3.8) is 0 Å². The molecule has 3 N–H and O–H groups in total. The van der Waals surface area contributed by atoms with E-state index in [0.717, 1.165) is 56.0 Å². The average Bonchev–Trinajstić information content (AvgIpc) is 3.39. The van der Waals surface area contributed by atoms with Gasteiger partial charge in [-0.2, -0.15) is 0 Å². The summed E-state index contributed by atoms with van der Waals surface area (Å²) >= 11 is 0. The molecule has 3 rings (SSSR count). The van der Waals surface area contributed by atoms with Gasteiger partial charge in [0.15, 0.2) is 5.96 Å². The van der Waals surface area contributed by atoms with Crippen LogP contribution in [0.2, 0.25) is 0 Å². The Labute approximate surface area is 184 Å². The van der Waals surface area contributed by atoms with Gasteiger partial charge in [0.2, 0.25) is 5.91 Å². The van der Waals surface area contributed by atoms with E-state index in [2.05, 4.69) is 32.8 Å². The Morgan fingerprint density at radius 1 is 1.32 bits per heavy atom. The van der Waals surface area contributed by atoms with Crippen molar-refractivity contribution in [2.24, 2.45) is 10.9 Å². The van der Waals surface area contributed by atoms with Gasteiger partial charge >= 0.3 is 0 Å². The van der Waals surface area contributed by atoms with Crippen molar-refractivity contribution >= 4 is 41.5 Å². The van der Waals surface area contributed by atoms with Gasteiger partial charge in [-0.3, -0.25) is 14.7 Å². The summed E-state index contributed by atoms with van der Waals surface area (Å²) in [4.78, 5) is 18.8. The van der Waals surface area contributed by atoms with Crippen LogP contribution in [0, 0.1) is 5.92 Å². The van der Waals surface area contributed by atoms with E-state index in [4.69, 9.17) is 4.74 Å². The second-order valence-corrected chi connectivity index (χ2v) is 7.34. The molecule has 0 spiro atoms. The highest BCUT2D eigenvalue weighted by molar-refractivity contribution is 14.0. The van der Waals surface area contributed by atoms with Crippen molar-refractivity contribution in [1.29, 1.82) is 0 Å². The summed E-state index contributed by atoms with van der Waals surface area (Å²) in [6.45, 7) is 7.00. The van der Waals surface area contributed by atoms with Crippen molar-refractivity contribution in [3.8, 4) is 0 Å². The normalized spacial score (nSPS) is 22.1. The molecule has 1 aliphatic heterocycles. The molecule has 0 aromatic heterocycles. The summed E-state index contributed by atoms with van der Waals surface area (Å²) in [5.41, 5.74) is 1.94. The Balaban J connectivity index is 0.00000280. The Kier molecular flexibility index (Phi) is 9.46. The smallest absolute Gasteiger partial charge is 0.225 e. The lowest BCUT2D eigenvalue weighted by Gasteiger charge is -2.26. The molecule has 8 heteroatoms. The van der Waals surface area contributed by atoms with Crippen molar-refractivity contribution < 1.29 is 9.53 Å². The molecule has 7 nitrogen and oxygen atoms in total. The maximum atomic E-state index is 12.2. The van der Waals surface area contributed by atoms with Crippen LogP contribution < -0.4 is 16.0 Å². The molecule has 28 heavy (non-hydrogen) atoms. The first-order valence-corrected chi connectivity index (χ1v) is 9.80. The molecule has 156 valence electrons. The van der Waals surface area contributed by atoms with Crippen LogP contribution in [0.25, 0.3) is 0 Å². The van der Waals surface area contributed by atoms with Crippen LogP contribution in [0.15, 0.2) is 29.3 Å². The maximum absolute atomic E-state index is 12.2. The predicted molar refractivity (Wildman–Crippen MR) is 123 cm³/mol. The van der Waals surface area contributed by atoms with Crippen LogP contribution in [0.3, 0.4) is 0 Å². The predicted octanol–water partition coefficient (Wildman–Crippen LogP) is 2.04. The fourth-order valence-electron chi connectivity index (χ4n) is 3.15. The molecule has 0 bridgehead atoms. The molecule has 1 aliphatic carbocycles. The summed E-state index contributed by atoms with van der Waals surface area (Å²) in [6.07, 6.45) is 1.70. The minimum atomic E-state index is 0. The lowest BCUT2D eigenvalue weighted by molar-refractivity contribution is -0.116. The van der Waals surface area contributed by atoms with Crippen molar-refractivity contribution in [3.05, 3.63) is 29.8 Å². The number of carbonyl (C=O) groups excluding carboxylic acids is 1. The lowest BCUT2D eigenvalue weighted by atomic mass is 10.2. The minimum absolute atomic E-state index is 0. The van der Waals surface area contributed by atoms with Crippen LogP contribution in [-0.2, 0) is 16.1 Å². The largest absolute Gasteiger partial charge is 0.379 e. The standard InChI is InChI=1S/C20H31N5O2.HI/c1-15-12-18(15)24-20(21-2)22-14-16-4-3-5-17(13-16)23-19(26)6-7-25-8-10-27-11-9-25;/h3-5,13,15,18H,6-12,14H2,1-2H3,(H,23,26)(H2,21,22,24);1H. The number of amides is 1. The minimum Gasteiger partial charge on any atom is -0.379 e. The first-order valence-electron chi connectivity index (χ1n) is 9.80. The molecule has 2 atom stereocenters. The molecule has 2 fully saturated rings. The molecule has 1 aromatic rings. The molecule has 1 saturated carbocycles. The number of hydrogen-bond donors (Lipinski definition) is 3. The second kappa shape index (κ2) is 11.6. The van der Waals surface area contributed by atoms with E-state index >= 15 is 0 Å².